The largest absolute Gasteiger partial charge is 0.471 e. The molecule has 1 aromatic carbocycles. The van der Waals surface area contributed by atoms with Crippen LogP contribution in [-0.4, -0.2) is 59.0 Å². The Hall–Kier alpha value is -2.74. The van der Waals surface area contributed by atoms with Crippen molar-refractivity contribution < 1.29 is 9.53 Å². The first-order chi connectivity index (χ1) is 12.6. The topological polar surface area (TPSA) is 71.5 Å². The first-order valence-corrected chi connectivity index (χ1v) is 9.22. The van der Waals surface area contributed by atoms with Crippen LogP contribution >= 0.6 is 11.3 Å². The molecule has 0 radical (unpaired) electrons. The molecule has 134 valence electrons. The number of carbonyl (C=O) groups is 1. The molecule has 0 N–H and O–H groups in total. The van der Waals surface area contributed by atoms with Crippen LogP contribution in [-0.2, 0) is 0 Å². The van der Waals surface area contributed by atoms with Gasteiger partial charge in [-0.1, -0.05) is 12.1 Å². The number of carbonyl (C=O) groups excluding carboxylic acids is 1. The number of amides is 1. The number of nitrogens with zero attached hydrogens (tertiary/aromatic N) is 5. The highest BCUT2D eigenvalue weighted by molar-refractivity contribution is 7.20. The van der Waals surface area contributed by atoms with Gasteiger partial charge in [0.1, 0.15) is 6.10 Å². The van der Waals surface area contributed by atoms with Crippen molar-refractivity contribution in [3.63, 3.8) is 0 Å². The number of benzene rings is 1. The van der Waals surface area contributed by atoms with Gasteiger partial charge >= 0.3 is 0 Å². The molecule has 1 saturated heterocycles. The van der Waals surface area contributed by atoms with Crippen LogP contribution in [0.2, 0.25) is 0 Å². The lowest BCUT2D eigenvalue weighted by molar-refractivity contribution is 0.0771. The lowest BCUT2D eigenvalue weighted by Gasteiger charge is -2.16. The summed E-state index contributed by atoms with van der Waals surface area (Å²) in [4.78, 5) is 29.4. The smallest absolute Gasteiger partial charge is 0.283 e. The summed E-state index contributed by atoms with van der Waals surface area (Å²) in [6, 6.07) is 7.79. The second-order valence-electron chi connectivity index (χ2n) is 6.38. The molecule has 1 aliphatic rings. The third kappa shape index (κ3) is 3.32. The van der Waals surface area contributed by atoms with Gasteiger partial charge in [-0.3, -0.25) is 9.78 Å². The summed E-state index contributed by atoms with van der Waals surface area (Å²) >= 11 is 1.43. The number of aromatic nitrogens is 3. The molecule has 1 unspecified atom stereocenters. The predicted octanol–water partition coefficient (Wildman–Crippen LogP) is 2.45. The van der Waals surface area contributed by atoms with Gasteiger partial charge in [0.2, 0.25) is 5.88 Å². The molecule has 26 heavy (non-hydrogen) atoms. The molecule has 8 heteroatoms. The number of rotatable bonds is 4. The minimum atomic E-state index is -0.0833. The van der Waals surface area contributed by atoms with Crippen molar-refractivity contribution in [2.24, 2.45) is 0 Å². The average molecular weight is 369 g/mol. The number of thiazole rings is 1. The Balaban J connectivity index is 1.43. The SMILES string of the molecule is CN(C)c1cncc(OC2CCN(C(=O)c3nc4ccccc4s3)C2)n1. The molecule has 0 bridgehead atoms. The Labute approximate surface area is 155 Å². The van der Waals surface area contributed by atoms with E-state index < -0.39 is 0 Å². The molecule has 0 spiro atoms. The standard InChI is InChI=1S/C18H19N5O2S/c1-22(2)15-9-19-10-16(21-15)25-12-7-8-23(11-12)18(24)17-20-13-5-3-4-6-14(13)26-17/h3-6,9-10,12H,7-8,11H2,1-2H3. The molecule has 0 aliphatic carbocycles. The zero-order valence-electron chi connectivity index (χ0n) is 14.6. The highest BCUT2D eigenvalue weighted by Crippen LogP contribution is 2.25. The summed E-state index contributed by atoms with van der Waals surface area (Å²) in [7, 11) is 3.81. The van der Waals surface area contributed by atoms with Gasteiger partial charge in [-0.15, -0.1) is 11.3 Å². The zero-order valence-corrected chi connectivity index (χ0v) is 15.4. The predicted molar refractivity (Wildman–Crippen MR) is 101 cm³/mol. The second-order valence-corrected chi connectivity index (χ2v) is 7.41. The molecule has 0 saturated carbocycles. The second kappa shape index (κ2) is 6.87. The van der Waals surface area contributed by atoms with Crippen LogP contribution < -0.4 is 9.64 Å². The molecule has 3 aromatic rings. The van der Waals surface area contributed by atoms with Gasteiger partial charge in [-0.2, -0.15) is 4.98 Å². The number of ether oxygens (including phenoxy) is 1. The molecule has 1 atom stereocenters. The van der Waals surface area contributed by atoms with Gasteiger partial charge in [0.25, 0.3) is 5.91 Å². The van der Waals surface area contributed by atoms with Crippen molar-refractivity contribution >= 4 is 33.3 Å². The van der Waals surface area contributed by atoms with E-state index in [0.29, 0.717) is 24.0 Å². The number of fused-ring (bicyclic) bond motifs is 1. The van der Waals surface area contributed by atoms with Crippen LogP contribution in [0.25, 0.3) is 10.2 Å². The molecule has 3 heterocycles. The van der Waals surface area contributed by atoms with Gasteiger partial charge in [-0.25, -0.2) is 4.98 Å². The zero-order chi connectivity index (χ0) is 18.1. The van der Waals surface area contributed by atoms with Gasteiger partial charge < -0.3 is 14.5 Å². The first-order valence-electron chi connectivity index (χ1n) is 8.41. The fourth-order valence-electron chi connectivity index (χ4n) is 2.89. The normalized spacial score (nSPS) is 16.8. The van der Waals surface area contributed by atoms with E-state index in [1.807, 2.05) is 43.3 Å². The van der Waals surface area contributed by atoms with Crippen LogP contribution in [0.5, 0.6) is 5.88 Å². The minimum Gasteiger partial charge on any atom is -0.471 e. The van der Waals surface area contributed by atoms with Crippen LogP contribution in [0.15, 0.2) is 36.7 Å². The van der Waals surface area contributed by atoms with Crippen molar-refractivity contribution in [2.45, 2.75) is 12.5 Å². The maximum Gasteiger partial charge on any atom is 0.283 e. The van der Waals surface area contributed by atoms with E-state index >= 15 is 0 Å². The molecular formula is C18H19N5O2S. The van der Waals surface area contributed by atoms with E-state index in [0.717, 1.165) is 22.5 Å². The van der Waals surface area contributed by atoms with Crippen LogP contribution in [0.4, 0.5) is 5.82 Å². The highest BCUT2D eigenvalue weighted by Gasteiger charge is 2.30. The van der Waals surface area contributed by atoms with Crippen LogP contribution in [0, 0.1) is 0 Å². The maximum absolute atomic E-state index is 12.7. The van der Waals surface area contributed by atoms with E-state index in [1.54, 1.807) is 17.3 Å². The minimum absolute atomic E-state index is 0.0366. The number of para-hydroxylation sites is 1. The molecule has 2 aromatic heterocycles. The van der Waals surface area contributed by atoms with Gasteiger partial charge in [0.15, 0.2) is 10.8 Å². The first kappa shape index (κ1) is 16.7. The van der Waals surface area contributed by atoms with E-state index in [9.17, 15) is 4.79 Å². The lowest BCUT2D eigenvalue weighted by Crippen LogP contribution is -2.31. The summed E-state index contributed by atoms with van der Waals surface area (Å²) < 4.78 is 6.96. The summed E-state index contributed by atoms with van der Waals surface area (Å²) in [5.41, 5.74) is 0.864. The molecule has 1 aliphatic heterocycles. The van der Waals surface area contributed by atoms with E-state index in [2.05, 4.69) is 15.0 Å². The van der Waals surface area contributed by atoms with Gasteiger partial charge in [0.05, 0.1) is 29.2 Å². The third-order valence-corrected chi connectivity index (χ3v) is 5.28. The van der Waals surface area contributed by atoms with Crippen LogP contribution in [0.3, 0.4) is 0 Å². The number of anilines is 1. The Morgan fingerprint density at radius 1 is 1.27 bits per heavy atom. The van der Waals surface area contributed by atoms with E-state index in [-0.39, 0.29) is 12.0 Å². The van der Waals surface area contributed by atoms with Crippen molar-refractivity contribution in [1.82, 2.24) is 19.9 Å². The monoisotopic (exact) mass is 369 g/mol. The van der Waals surface area contributed by atoms with E-state index in [1.165, 1.54) is 11.3 Å². The average Bonchev–Trinajstić information content (AvgIpc) is 3.28. The van der Waals surface area contributed by atoms with Crippen molar-refractivity contribution in [1.29, 1.82) is 0 Å². The Morgan fingerprint density at radius 3 is 2.92 bits per heavy atom. The van der Waals surface area contributed by atoms with Gasteiger partial charge in [-0.05, 0) is 12.1 Å². The summed E-state index contributed by atoms with van der Waals surface area (Å²) in [6.45, 7) is 1.18. The fourth-order valence-corrected chi connectivity index (χ4v) is 3.82. The van der Waals surface area contributed by atoms with Crippen molar-refractivity contribution in [3.05, 3.63) is 41.7 Å². The number of hydrogen-bond acceptors (Lipinski definition) is 7. The Morgan fingerprint density at radius 2 is 2.12 bits per heavy atom. The van der Waals surface area contributed by atoms with E-state index in [4.69, 9.17) is 4.74 Å². The fraction of sp³-hybridized carbons (Fsp3) is 0.333. The van der Waals surface area contributed by atoms with Crippen molar-refractivity contribution in [3.8, 4) is 5.88 Å². The summed E-state index contributed by atoms with van der Waals surface area (Å²) in [6.07, 6.45) is 3.97. The Bertz CT molecular complexity index is 909. The third-order valence-electron chi connectivity index (χ3n) is 4.25. The number of likely N-dealkylation sites (tertiary alicyclic amines) is 1. The molecule has 1 amide bonds. The molecule has 7 nitrogen and oxygen atoms in total. The quantitative estimate of drug-likeness (QED) is 0.703. The van der Waals surface area contributed by atoms with Gasteiger partial charge in [0, 0.05) is 27.1 Å². The summed E-state index contributed by atoms with van der Waals surface area (Å²) in [5, 5.41) is 0.529. The van der Waals surface area contributed by atoms with Crippen molar-refractivity contribution in [2.75, 3.05) is 32.1 Å². The lowest BCUT2D eigenvalue weighted by atomic mass is 10.3. The number of hydrogen-bond donors (Lipinski definition) is 0. The summed E-state index contributed by atoms with van der Waals surface area (Å²) in [5.74, 6) is 1.18. The molecular weight excluding hydrogens is 350 g/mol. The maximum atomic E-state index is 12.7. The Kier molecular flexibility index (Phi) is 4.42. The molecule has 4 rings (SSSR count). The molecule has 1 fully saturated rings. The highest BCUT2D eigenvalue weighted by atomic mass is 32.1. The van der Waals surface area contributed by atoms with Crippen LogP contribution in [0.1, 0.15) is 16.2 Å².